The predicted molar refractivity (Wildman–Crippen MR) is 46.6 cm³/mol. The molecule has 4 heteroatoms. The number of benzene rings is 1. The molecule has 0 atom stereocenters. The number of nitrogens with two attached hydrogens (primary N) is 1. The third kappa shape index (κ3) is 1.70. The summed E-state index contributed by atoms with van der Waals surface area (Å²) in [4.78, 5) is 0. The second-order valence-electron chi connectivity index (χ2n) is 2.23. The van der Waals surface area contributed by atoms with E-state index in [2.05, 4.69) is 21.4 Å². The Morgan fingerprint density at radius 2 is 2.18 bits per heavy atom. The van der Waals surface area contributed by atoms with Crippen molar-refractivity contribution in [2.24, 2.45) is 5.84 Å². The topological polar surface area (TPSA) is 38.0 Å². The van der Waals surface area contributed by atoms with Crippen LogP contribution in [0.15, 0.2) is 16.6 Å². The number of anilines is 1. The first kappa shape index (κ1) is 8.49. The Labute approximate surface area is 72.7 Å². The molecule has 2 nitrogen and oxygen atoms in total. The molecular weight excluding hydrogens is 211 g/mol. The van der Waals surface area contributed by atoms with Crippen LogP contribution >= 0.6 is 15.9 Å². The van der Waals surface area contributed by atoms with E-state index in [9.17, 15) is 4.39 Å². The summed E-state index contributed by atoms with van der Waals surface area (Å²) in [5.41, 5.74) is 3.52. The van der Waals surface area contributed by atoms with Crippen molar-refractivity contribution < 1.29 is 4.39 Å². The Morgan fingerprint density at radius 3 is 2.73 bits per heavy atom. The zero-order valence-electron chi connectivity index (χ0n) is 5.99. The van der Waals surface area contributed by atoms with Crippen LogP contribution in [0.2, 0.25) is 0 Å². The molecule has 1 rings (SSSR count). The lowest BCUT2D eigenvalue weighted by Gasteiger charge is -2.04. The largest absolute Gasteiger partial charge is 0.321 e. The second-order valence-corrected chi connectivity index (χ2v) is 3.08. The summed E-state index contributed by atoms with van der Waals surface area (Å²) in [5, 5.41) is 0. The molecule has 0 aliphatic carbocycles. The van der Waals surface area contributed by atoms with Gasteiger partial charge in [-0.15, -0.1) is 0 Å². The highest BCUT2D eigenvalue weighted by Crippen LogP contribution is 2.22. The summed E-state index contributed by atoms with van der Waals surface area (Å²) < 4.78 is 13.6. The van der Waals surface area contributed by atoms with E-state index in [0.717, 1.165) is 10.0 Å². The maximum Gasteiger partial charge on any atom is 0.148 e. The van der Waals surface area contributed by atoms with Gasteiger partial charge in [0, 0.05) is 4.47 Å². The minimum absolute atomic E-state index is 0.311. The molecule has 60 valence electrons. The SMILES string of the molecule is Cc1cc(NN)c(F)cc1Br. The van der Waals surface area contributed by atoms with Crippen molar-refractivity contribution in [2.45, 2.75) is 6.92 Å². The van der Waals surface area contributed by atoms with Gasteiger partial charge in [0.05, 0.1) is 5.69 Å². The van der Waals surface area contributed by atoms with Crippen molar-refractivity contribution in [3.05, 3.63) is 28.0 Å². The molecule has 1 aromatic rings. The molecule has 11 heavy (non-hydrogen) atoms. The van der Waals surface area contributed by atoms with Crippen LogP contribution in [0.5, 0.6) is 0 Å². The van der Waals surface area contributed by atoms with Crippen LogP contribution in [0.3, 0.4) is 0 Å². The minimum Gasteiger partial charge on any atom is -0.321 e. The van der Waals surface area contributed by atoms with Gasteiger partial charge in [-0.05, 0) is 24.6 Å². The number of nitrogen functional groups attached to an aromatic ring is 1. The second kappa shape index (κ2) is 3.19. The number of aryl methyl sites for hydroxylation is 1. The van der Waals surface area contributed by atoms with E-state index in [1.807, 2.05) is 6.92 Å². The first-order valence-corrected chi connectivity index (χ1v) is 3.86. The molecule has 0 unspecified atom stereocenters. The molecule has 0 radical (unpaired) electrons. The molecule has 0 aliphatic rings. The first-order valence-electron chi connectivity index (χ1n) is 3.07. The van der Waals surface area contributed by atoms with E-state index < -0.39 is 0 Å². The number of rotatable bonds is 1. The van der Waals surface area contributed by atoms with E-state index in [4.69, 9.17) is 5.84 Å². The van der Waals surface area contributed by atoms with Gasteiger partial charge in [-0.3, -0.25) is 5.84 Å². The van der Waals surface area contributed by atoms with Crippen molar-refractivity contribution in [3.63, 3.8) is 0 Å². The molecule has 0 saturated carbocycles. The van der Waals surface area contributed by atoms with E-state index >= 15 is 0 Å². The van der Waals surface area contributed by atoms with Gasteiger partial charge >= 0.3 is 0 Å². The van der Waals surface area contributed by atoms with Crippen molar-refractivity contribution in [2.75, 3.05) is 5.43 Å². The number of halogens is 2. The molecule has 0 heterocycles. The number of hydrazine groups is 1. The lowest BCUT2D eigenvalue weighted by atomic mass is 10.2. The zero-order valence-corrected chi connectivity index (χ0v) is 7.57. The van der Waals surface area contributed by atoms with Crippen molar-refractivity contribution in [3.8, 4) is 0 Å². The quantitative estimate of drug-likeness (QED) is 0.561. The normalized spacial score (nSPS) is 9.82. The third-order valence-electron chi connectivity index (χ3n) is 1.40. The van der Waals surface area contributed by atoms with Gasteiger partial charge in [-0.1, -0.05) is 15.9 Å². The van der Waals surface area contributed by atoms with Gasteiger partial charge in [-0.25, -0.2) is 4.39 Å². The Balaban J connectivity index is 3.21. The first-order chi connectivity index (χ1) is 5.15. The number of hydrogen-bond donors (Lipinski definition) is 2. The van der Waals surface area contributed by atoms with E-state index in [0.29, 0.717) is 5.69 Å². The molecular formula is C7H8BrFN2. The Hall–Kier alpha value is -0.610. The molecule has 0 aromatic heterocycles. The maximum atomic E-state index is 12.9. The lowest BCUT2D eigenvalue weighted by Crippen LogP contribution is -2.08. The highest BCUT2D eigenvalue weighted by molar-refractivity contribution is 9.10. The summed E-state index contributed by atoms with van der Waals surface area (Å²) in [6.45, 7) is 1.87. The average molecular weight is 219 g/mol. The average Bonchev–Trinajstić information content (AvgIpc) is 1.97. The van der Waals surface area contributed by atoms with Gasteiger partial charge in [0.2, 0.25) is 0 Å². The number of nitrogens with one attached hydrogen (secondary N) is 1. The Kier molecular flexibility index (Phi) is 2.46. The molecule has 0 spiro atoms. The monoisotopic (exact) mass is 218 g/mol. The molecule has 3 N–H and O–H groups in total. The van der Waals surface area contributed by atoms with Gasteiger partial charge in [0.25, 0.3) is 0 Å². The van der Waals surface area contributed by atoms with E-state index in [1.54, 1.807) is 6.07 Å². The van der Waals surface area contributed by atoms with Gasteiger partial charge in [-0.2, -0.15) is 0 Å². The highest BCUT2D eigenvalue weighted by atomic mass is 79.9. The smallest absolute Gasteiger partial charge is 0.148 e. The van der Waals surface area contributed by atoms with Gasteiger partial charge in [0.15, 0.2) is 0 Å². The van der Waals surface area contributed by atoms with Crippen LogP contribution in [0, 0.1) is 12.7 Å². The maximum absolute atomic E-state index is 12.9. The molecule has 0 fully saturated rings. The van der Waals surface area contributed by atoms with Crippen LogP contribution in [-0.2, 0) is 0 Å². The van der Waals surface area contributed by atoms with E-state index in [1.165, 1.54) is 6.07 Å². The fourth-order valence-corrected chi connectivity index (χ4v) is 1.08. The lowest BCUT2D eigenvalue weighted by molar-refractivity contribution is 0.629. The molecule has 0 bridgehead atoms. The van der Waals surface area contributed by atoms with Gasteiger partial charge < -0.3 is 5.43 Å². The van der Waals surface area contributed by atoms with Gasteiger partial charge in [0.1, 0.15) is 5.82 Å². The summed E-state index contributed by atoms with van der Waals surface area (Å²) in [5.74, 6) is 4.71. The molecule has 0 aliphatic heterocycles. The van der Waals surface area contributed by atoms with Crippen LogP contribution in [0.25, 0.3) is 0 Å². The summed E-state index contributed by atoms with van der Waals surface area (Å²) >= 11 is 3.20. The molecule has 0 saturated heterocycles. The zero-order chi connectivity index (χ0) is 8.43. The van der Waals surface area contributed by atoms with Crippen LogP contribution in [0.1, 0.15) is 5.56 Å². The van der Waals surface area contributed by atoms with Crippen molar-refractivity contribution >= 4 is 21.6 Å². The minimum atomic E-state index is -0.357. The predicted octanol–water partition coefficient (Wildman–Crippen LogP) is 2.18. The third-order valence-corrected chi connectivity index (χ3v) is 2.26. The van der Waals surface area contributed by atoms with Crippen molar-refractivity contribution in [1.29, 1.82) is 0 Å². The van der Waals surface area contributed by atoms with Crippen LogP contribution < -0.4 is 11.3 Å². The highest BCUT2D eigenvalue weighted by Gasteiger charge is 2.02. The summed E-state index contributed by atoms with van der Waals surface area (Å²) in [7, 11) is 0. The Morgan fingerprint density at radius 1 is 1.55 bits per heavy atom. The van der Waals surface area contributed by atoms with Crippen molar-refractivity contribution in [1.82, 2.24) is 0 Å². The standard InChI is InChI=1S/C7H8BrFN2/c1-4-2-7(11-10)6(9)3-5(4)8/h2-3,11H,10H2,1H3. The molecule has 0 amide bonds. The van der Waals surface area contributed by atoms with Crippen LogP contribution in [0.4, 0.5) is 10.1 Å². The summed E-state index contributed by atoms with van der Waals surface area (Å²) in [6.07, 6.45) is 0. The fraction of sp³-hybridized carbons (Fsp3) is 0.143. The summed E-state index contributed by atoms with van der Waals surface area (Å²) in [6, 6.07) is 3.02. The Bertz CT molecular complexity index is 275. The van der Waals surface area contributed by atoms with Crippen LogP contribution in [-0.4, -0.2) is 0 Å². The molecule has 1 aromatic carbocycles. The van der Waals surface area contributed by atoms with E-state index in [-0.39, 0.29) is 5.82 Å². The fourth-order valence-electron chi connectivity index (χ4n) is 0.768. The number of hydrogen-bond acceptors (Lipinski definition) is 2.